The van der Waals surface area contributed by atoms with Crippen LogP contribution in [0.15, 0.2) is 35.5 Å². The summed E-state index contributed by atoms with van der Waals surface area (Å²) in [6.45, 7) is 9.20. The normalized spacial score (nSPS) is 44.3. The number of hydrogen-bond donors (Lipinski definition) is 0. The van der Waals surface area contributed by atoms with Gasteiger partial charge in [0.25, 0.3) is 0 Å². The van der Waals surface area contributed by atoms with Gasteiger partial charge in [0, 0.05) is 5.57 Å². The lowest BCUT2D eigenvalue weighted by molar-refractivity contribution is -0.183. The van der Waals surface area contributed by atoms with Gasteiger partial charge >= 0.3 is 17.9 Å². The number of carbonyl (C=O) groups excluding carboxylic acids is 3. The number of rotatable bonds is 2. The maximum absolute atomic E-state index is 12.7. The van der Waals surface area contributed by atoms with Gasteiger partial charge in [-0.3, -0.25) is 0 Å². The van der Waals surface area contributed by atoms with Gasteiger partial charge in [0.05, 0.1) is 17.6 Å². The molecule has 0 saturated carbocycles. The van der Waals surface area contributed by atoms with E-state index in [4.69, 9.17) is 18.9 Å². The van der Waals surface area contributed by atoms with Crippen molar-refractivity contribution in [2.45, 2.75) is 63.6 Å². The van der Waals surface area contributed by atoms with Crippen molar-refractivity contribution in [3.63, 3.8) is 0 Å². The molecule has 3 saturated heterocycles. The molecule has 1 aliphatic carbocycles. The van der Waals surface area contributed by atoms with Gasteiger partial charge in [0.15, 0.2) is 17.8 Å². The summed E-state index contributed by atoms with van der Waals surface area (Å²) < 4.78 is 21.9. The van der Waals surface area contributed by atoms with Crippen LogP contribution < -0.4 is 0 Å². The minimum Gasteiger partial charge on any atom is -0.455 e. The molecule has 6 atom stereocenters. The van der Waals surface area contributed by atoms with Crippen LogP contribution in [0.25, 0.3) is 0 Å². The van der Waals surface area contributed by atoms with E-state index in [1.807, 2.05) is 19.1 Å². The molecule has 3 heterocycles. The molecule has 0 aromatic carbocycles. The van der Waals surface area contributed by atoms with Crippen molar-refractivity contribution in [1.29, 1.82) is 0 Å². The van der Waals surface area contributed by atoms with E-state index >= 15 is 0 Å². The summed E-state index contributed by atoms with van der Waals surface area (Å²) in [5.41, 5.74) is 0.661. The molecule has 0 radical (unpaired) electrons. The van der Waals surface area contributed by atoms with Crippen molar-refractivity contribution in [2.75, 3.05) is 0 Å². The van der Waals surface area contributed by atoms with Gasteiger partial charge in [-0.25, -0.2) is 14.4 Å². The lowest BCUT2D eigenvalue weighted by Gasteiger charge is -2.39. The highest BCUT2D eigenvalue weighted by molar-refractivity contribution is 5.96. The minimum atomic E-state index is -1.03. The predicted molar refractivity (Wildman–Crippen MR) is 92.3 cm³/mol. The number of carbonyl (C=O) groups is 3. The van der Waals surface area contributed by atoms with Crippen molar-refractivity contribution < 1.29 is 33.3 Å². The molecule has 7 nitrogen and oxygen atoms in total. The van der Waals surface area contributed by atoms with E-state index in [2.05, 4.69) is 6.58 Å². The van der Waals surface area contributed by atoms with E-state index in [1.54, 1.807) is 13.8 Å². The summed E-state index contributed by atoms with van der Waals surface area (Å²) in [5, 5.41) is 0. The second-order valence-electron chi connectivity index (χ2n) is 7.70. The highest BCUT2D eigenvalue weighted by Crippen LogP contribution is 2.43. The molecule has 7 heteroatoms. The molecular formula is C20H22O7. The fourth-order valence-electron chi connectivity index (χ4n) is 3.81. The Kier molecular flexibility index (Phi) is 4.03. The summed E-state index contributed by atoms with van der Waals surface area (Å²) in [6, 6.07) is 0. The Morgan fingerprint density at radius 2 is 2.00 bits per heavy atom. The van der Waals surface area contributed by atoms with Crippen LogP contribution in [0.5, 0.6) is 0 Å². The zero-order valence-electron chi connectivity index (χ0n) is 15.5. The van der Waals surface area contributed by atoms with Gasteiger partial charge in [0.2, 0.25) is 0 Å². The first-order chi connectivity index (χ1) is 12.7. The van der Waals surface area contributed by atoms with Crippen LogP contribution in [0.1, 0.15) is 33.6 Å². The molecule has 27 heavy (non-hydrogen) atoms. The third kappa shape index (κ3) is 2.81. The number of allylic oxidation sites excluding steroid dienone is 2. The third-order valence-electron chi connectivity index (χ3n) is 5.83. The fraction of sp³-hybridized carbons (Fsp3) is 0.550. The Morgan fingerprint density at radius 1 is 1.30 bits per heavy atom. The molecule has 3 aliphatic heterocycles. The molecule has 0 bridgehead atoms. The average Bonchev–Trinajstić information content (AvgIpc) is 3.13. The minimum absolute atomic E-state index is 0.208. The van der Waals surface area contributed by atoms with Gasteiger partial charge in [0.1, 0.15) is 6.10 Å². The van der Waals surface area contributed by atoms with Crippen molar-refractivity contribution in [2.24, 2.45) is 5.92 Å². The first-order valence-electron chi connectivity index (χ1n) is 9.09. The SMILES string of the molecule is C=C1C(=O)O[C@@H]2/C=C(\C)CC/C=C3/C(=O)O[C@@H]3[C@@H](OC(=O)[C@@]3(C)O[C@@H]3C)[C@@H]12. The predicted octanol–water partition coefficient (Wildman–Crippen LogP) is 1.77. The second kappa shape index (κ2) is 6.05. The highest BCUT2D eigenvalue weighted by Gasteiger charge is 2.60. The molecule has 0 aromatic heterocycles. The Bertz CT molecular complexity index is 807. The zero-order chi connectivity index (χ0) is 19.5. The van der Waals surface area contributed by atoms with Crippen LogP contribution in [-0.2, 0) is 33.3 Å². The number of ether oxygens (including phenoxy) is 4. The molecule has 4 rings (SSSR count). The maximum Gasteiger partial charge on any atom is 0.341 e. The fourth-order valence-corrected chi connectivity index (χ4v) is 3.81. The summed E-state index contributed by atoms with van der Waals surface area (Å²) in [7, 11) is 0. The van der Waals surface area contributed by atoms with Crippen LogP contribution in [0.2, 0.25) is 0 Å². The summed E-state index contributed by atoms with van der Waals surface area (Å²) in [6.07, 6.45) is 2.52. The highest BCUT2D eigenvalue weighted by atomic mass is 16.7. The molecule has 0 spiro atoms. The van der Waals surface area contributed by atoms with Gasteiger partial charge in [-0.2, -0.15) is 0 Å². The number of hydrogen-bond acceptors (Lipinski definition) is 7. The van der Waals surface area contributed by atoms with Crippen molar-refractivity contribution >= 4 is 17.9 Å². The van der Waals surface area contributed by atoms with Gasteiger partial charge in [-0.15, -0.1) is 0 Å². The van der Waals surface area contributed by atoms with Crippen molar-refractivity contribution in [3.8, 4) is 0 Å². The topological polar surface area (TPSA) is 91.4 Å². The van der Waals surface area contributed by atoms with Crippen LogP contribution in [0.4, 0.5) is 0 Å². The largest absolute Gasteiger partial charge is 0.455 e. The van der Waals surface area contributed by atoms with Gasteiger partial charge < -0.3 is 18.9 Å². The van der Waals surface area contributed by atoms with E-state index in [0.717, 1.165) is 12.0 Å². The lowest BCUT2D eigenvalue weighted by Crippen LogP contribution is -2.53. The average molecular weight is 374 g/mol. The standard InChI is InChI=1S/C20H22O7/c1-9-6-5-7-12-15(25-18(12)22)16(26-19(23)20(4)11(3)27-20)14-10(2)17(21)24-13(14)8-9/h7-8,11,13-16H,2,5-6H2,1,3-4H3/b9-8+,12-7+/t11-,13-,14+,15+,16+,20+/m1/s1. The van der Waals surface area contributed by atoms with Crippen molar-refractivity contribution in [1.82, 2.24) is 0 Å². The van der Waals surface area contributed by atoms with E-state index < -0.39 is 47.7 Å². The molecular weight excluding hydrogens is 352 g/mol. The Hall–Kier alpha value is -2.41. The van der Waals surface area contributed by atoms with E-state index in [1.165, 1.54) is 0 Å². The number of fused-ring (bicyclic) bond motifs is 2. The Labute approximate surface area is 157 Å². The molecule has 0 N–H and O–H groups in total. The first kappa shape index (κ1) is 18.0. The van der Waals surface area contributed by atoms with Crippen LogP contribution in [-0.4, -0.2) is 47.9 Å². The van der Waals surface area contributed by atoms with E-state index in [-0.39, 0.29) is 11.7 Å². The Balaban J connectivity index is 1.71. The smallest absolute Gasteiger partial charge is 0.341 e. The first-order valence-corrected chi connectivity index (χ1v) is 9.09. The molecule has 0 aromatic rings. The van der Waals surface area contributed by atoms with Crippen LogP contribution >= 0.6 is 0 Å². The maximum atomic E-state index is 12.7. The zero-order valence-corrected chi connectivity index (χ0v) is 15.5. The summed E-state index contributed by atoms with van der Waals surface area (Å²) in [5.74, 6) is -2.15. The van der Waals surface area contributed by atoms with E-state index in [9.17, 15) is 14.4 Å². The molecule has 4 aliphatic rings. The molecule has 0 amide bonds. The number of epoxide rings is 1. The van der Waals surface area contributed by atoms with E-state index in [0.29, 0.717) is 12.0 Å². The Morgan fingerprint density at radius 3 is 2.63 bits per heavy atom. The quantitative estimate of drug-likeness (QED) is 0.239. The number of esters is 3. The third-order valence-corrected chi connectivity index (χ3v) is 5.83. The monoisotopic (exact) mass is 374 g/mol. The summed E-state index contributed by atoms with van der Waals surface area (Å²) >= 11 is 0. The molecule has 0 unspecified atom stereocenters. The van der Waals surface area contributed by atoms with Gasteiger partial charge in [-0.1, -0.05) is 18.2 Å². The van der Waals surface area contributed by atoms with Crippen molar-refractivity contribution in [3.05, 3.63) is 35.5 Å². The van der Waals surface area contributed by atoms with Crippen LogP contribution in [0.3, 0.4) is 0 Å². The lowest BCUT2D eigenvalue weighted by atomic mass is 9.81. The van der Waals surface area contributed by atoms with Gasteiger partial charge in [-0.05, 0) is 39.7 Å². The summed E-state index contributed by atoms with van der Waals surface area (Å²) in [4.78, 5) is 36.8. The van der Waals surface area contributed by atoms with Crippen LogP contribution in [0, 0.1) is 5.92 Å². The second-order valence-corrected chi connectivity index (χ2v) is 7.70. The molecule has 144 valence electrons. The molecule has 3 fully saturated rings.